The quantitative estimate of drug-likeness (QED) is 0.858. The summed E-state index contributed by atoms with van der Waals surface area (Å²) in [6, 6.07) is 8.24. The maximum atomic E-state index is 12.4. The molecule has 1 aliphatic rings. The first-order valence-electron chi connectivity index (χ1n) is 7.34. The smallest absolute Gasteiger partial charge is 0.274 e. The molecule has 0 N–H and O–H groups in total. The Hall–Kier alpha value is -1.68. The third-order valence-electron chi connectivity index (χ3n) is 4.24. The van der Waals surface area contributed by atoms with Gasteiger partial charge in [0.1, 0.15) is 0 Å². The van der Waals surface area contributed by atoms with Crippen molar-refractivity contribution in [3.63, 3.8) is 0 Å². The highest BCUT2D eigenvalue weighted by Gasteiger charge is 2.25. The number of aromatic nitrogens is 2. The molecule has 1 fully saturated rings. The van der Waals surface area contributed by atoms with Crippen molar-refractivity contribution in [1.82, 2.24) is 14.7 Å². The van der Waals surface area contributed by atoms with E-state index in [-0.39, 0.29) is 5.56 Å². The normalized spacial score (nSPS) is 20.1. The number of hydrogen-bond donors (Lipinski definition) is 0. The Kier molecular flexibility index (Phi) is 3.57. The molecule has 1 aromatic carbocycles. The molecule has 2 aromatic rings. The van der Waals surface area contributed by atoms with Gasteiger partial charge in [0, 0.05) is 24.5 Å². The lowest BCUT2D eigenvalue weighted by molar-refractivity contribution is 0.258. The van der Waals surface area contributed by atoms with Crippen molar-refractivity contribution in [2.24, 2.45) is 5.92 Å². The Labute approximate surface area is 119 Å². The van der Waals surface area contributed by atoms with Gasteiger partial charge in [0.2, 0.25) is 0 Å². The number of fused-ring (bicyclic) bond motifs is 1. The van der Waals surface area contributed by atoms with Crippen LogP contribution in [-0.2, 0) is 6.54 Å². The summed E-state index contributed by atoms with van der Waals surface area (Å²) in [5.41, 5.74) is 0.0334. The first kappa shape index (κ1) is 13.3. The average molecular weight is 271 g/mol. The van der Waals surface area contributed by atoms with E-state index in [0.29, 0.717) is 12.0 Å². The van der Waals surface area contributed by atoms with Gasteiger partial charge in [0.05, 0.1) is 11.6 Å². The summed E-state index contributed by atoms with van der Waals surface area (Å²) in [7, 11) is 0. The van der Waals surface area contributed by atoms with Gasteiger partial charge in [-0.1, -0.05) is 18.2 Å². The molecule has 1 atom stereocenters. The molecule has 0 saturated carbocycles. The third kappa shape index (κ3) is 2.48. The van der Waals surface area contributed by atoms with Crippen molar-refractivity contribution in [2.45, 2.75) is 32.9 Å². The van der Waals surface area contributed by atoms with Gasteiger partial charge in [-0.25, -0.2) is 4.68 Å². The van der Waals surface area contributed by atoms with E-state index in [1.165, 1.54) is 0 Å². The zero-order chi connectivity index (χ0) is 14.1. The second-order valence-corrected chi connectivity index (χ2v) is 5.96. The summed E-state index contributed by atoms with van der Waals surface area (Å²) in [6.45, 7) is 7.38. The van der Waals surface area contributed by atoms with Crippen molar-refractivity contribution in [2.75, 3.05) is 13.1 Å². The highest BCUT2D eigenvalue weighted by Crippen LogP contribution is 2.19. The molecular formula is C16H21N3O. The van der Waals surface area contributed by atoms with Crippen LogP contribution in [0.2, 0.25) is 0 Å². The van der Waals surface area contributed by atoms with Crippen LogP contribution in [0.3, 0.4) is 0 Å². The van der Waals surface area contributed by atoms with E-state index in [9.17, 15) is 4.79 Å². The maximum Gasteiger partial charge on any atom is 0.274 e. The summed E-state index contributed by atoms with van der Waals surface area (Å²) in [5.74, 6) is 0.531. The fourth-order valence-electron chi connectivity index (χ4n) is 2.98. The molecule has 0 bridgehead atoms. The molecule has 4 nitrogen and oxygen atoms in total. The first-order valence-corrected chi connectivity index (χ1v) is 7.34. The van der Waals surface area contributed by atoms with Gasteiger partial charge >= 0.3 is 0 Å². The third-order valence-corrected chi connectivity index (χ3v) is 4.24. The summed E-state index contributed by atoms with van der Waals surface area (Å²) in [5, 5.41) is 6.01. The van der Waals surface area contributed by atoms with Gasteiger partial charge in [0.25, 0.3) is 5.56 Å². The minimum atomic E-state index is 0.0334. The fourth-order valence-corrected chi connectivity index (χ4v) is 2.98. The first-order chi connectivity index (χ1) is 9.65. The predicted octanol–water partition coefficient (Wildman–Crippen LogP) is 2.13. The molecule has 0 unspecified atom stereocenters. The molecule has 4 heteroatoms. The van der Waals surface area contributed by atoms with Crippen molar-refractivity contribution < 1.29 is 0 Å². The van der Waals surface area contributed by atoms with Crippen LogP contribution in [0.5, 0.6) is 0 Å². The molecule has 1 aromatic heterocycles. The number of likely N-dealkylation sites (tertiary alicyclic amines) is 1. The highest BCUT2D eigenvalue weighted by atomic mass is 16.1. The molecule has 1 saturated heterocycles. The minimum absolute atomic E-state index is 0.0334. The molecule has 0 radical (unpaired) electrons. The van der Waals surface area contributed by atoms with Crippen LogP contribution in [-0.4, -0.2) is 33.8 Å². The Morgan fingerprint density at radius 3 is 2.90 bits per heavy atom. The Morgan fingerprint density at radius 1 is 1.35 bits per heavy atom. The lowest BCUT2D eigenvalue weighted by atomic mass is 10.1. The zero-order valence-electron chi connectivity index (χ0n) is 12.1. The lowest BCUT2D eigenvalue weighted by Crippen LogP contribution is -2.31. The van der Waals surface area contributed by atoms with E-state index < -0.39 is 0 Å². The monoisotopic (exact) mass is 271 g/mol. The highest BCUT2D eigenvalue weighted by molar-refractivity contribution is 5.80. The number of rotatable bonds is 3. The molecule has 0 amide bonds. The van der Waals surface area contributed by atoms with Gasteiger partial charge in [-0.2, -0.15) is 5.10 Å². The number of hydrogen-bond acceptors (Lipinski definition) is 3. The molecule has 20 heavy (non-hydrogen) atoms. The van der Waals surface area contributed by atoms with Crippen LogP contribution in [0.4, 0.5) is 0 Å². The average Bonchev–Trinajstić information content (AvgIpc) is 2.91. The van der Waals surface area contributed by atoms with Crippen molar-refractivity contribution in [3.05, 3.63) is 40.8 Å². The van der Waals surface area contributed by atoms with Crippen LogP contribution >= 0.6 is 0 Å². The second kappa shape index (κ2) is 5.37. The van der Waals surface area contributed by atoms with Gasteiger partial charge in [-0.05, 0) is 38.8 Å². The van der Waals surface area contributed by atoms with E-state index in [2.05, 4.69) is 23.8 Å². The van der Waals surface area contributed by atoms with Gasteiger partial charge in [-0.3, -0.25) is 4.79 Å². The predicted molar refractivity (Wildman–Crippen MR) is 80.8 cm³/mol. The van der Waals surface area contributed by atoms with Crippen molar-refractivity contribution in [1.29, 1.82) is 0 Å². The van der Waals surface area contributed by atoms with E-state index >= 15 is 0 Å². The Balaban J connectivity index is 1.82. The van der Waals surface area contributed by atoms with Gasteiger partial charge < -0.3 is 4.90 Å². The van der Waals surface area contributed by atoms with Crippen LogP contribution in [0, 0.1) is 5.92 Å². The molecular weight excluding hydrogens is 250 g/mol. The topological polar surface area (TPSA) is 38.1 Å². The minimum Gasteiger partial charge on any atom is -0.301 e. The number of benzene rings is 1. The van der Waals surface area contributed by atoms with E-state index in [1.54, 1.807) is 10.9 Å². The van der Waals surface area contributed by atoms with Crippen LogP contribution in [0.1, 0.15) is 20.3 Å². The summed E-state index contributed by atoms with van der Waals surface area (Å²) >= 11 is 0. The fraction of sp³-hybridized carbons (Fsp3) is 0.500. The molecule has 106 valence electrons. The van der Waals surface area contributed by atoms with Gasteiger partial charge in [0.15, 0.2) is 0 Å². The molecule has 1 aliphatic heterocycles. The Bertz CT molecular complexity index is 662. The maximum absolute atomic E-state index is 12.4. The van der Waals surface area contributed by atoms with Crippen LogP contribution < -0.4 is 5.56 Å². The second-order valence-electron chi connectivity index (χ2n) is 5.96. The Morgan fingerprint density at radius 2 is 2.15 bits per heavy atom. The van der Waals surface area contributed by atoms with E-state index in [0.717, 1.165) is 36.8 Å². The van der Waals surface area contributed by atoms with Crippen molar-refractivity contribution in [3.8, 4) is 0 Å². The van der Waals surface area contributed by atoms with Crippen molar-refractivity contribution >= 4 is 10.8 Å². The summed E-state index contributed by atoms with van der Waals surface area (Å²) < 4.78 is 1.64. The summed E-state index contributed by atoms with van der Waals surface area (Å²) in [4.78, 5) is 14.9. The van der Waals surface area contributed by atoms with E-state index in [1.807, 2.05) is 24.3 Å². The SMILES string of the molecule is CC(C)N1CC[C@@H](Cn2ncc3ccccc3c2=O)C1. The van der Waals surface area contributed by atoms with Crippen LogP contribution in [0.25, 0.3) is 10.8 Å². The standard InChI is InChI=1S/C16H21N3O/c1-12(2)18-8-7-13(10-18)11-19-16(20)15-6-4-3-5-14(15)9-17-19/h3-6,9,12-13H,7-8,10-11H2,1-2H3/t13-/m1/s1. The molecule has 0 spiro atoms. The lowest BCUT2D eigenvalue weighted by Gasteiger charge is -2.20. The largest absolute Gasteiger partial charge is 0.301 e. The molecule has 0 aliphatic carbocycles. The summed E-state index contributed by atoms with van der Waals surface area (Å²) in [6.07, 6.45) is 2.95. The van der Waals surface area contributed by atoms with Crippen LogP contribution in [0.15, 0.2) is 35.3 Å². The number of nitrogens with zero attached hydrogens (tertiary/aromatic N) is 3. The van der Waals surface area contributed by atoms with Gasteiger partial charge in [-0.15, -0.1) is 0 Å². The molecule has 2 heterocycles. The van der Waals surface area contributed by atoms with E-state index in [4.69, 9.17) is 0 Å². The molecule has 3 rings (SSSR count). The zero-order valence-corrected chi connectivity index (χ0v) is 12.1.